The van der Waals surface area contributed by atoms with Gasteiger partial charge < -0.3 is 9.80 Å². The molecule has 6 nitrogen and oxygen atoms in total. The van der Waals surface area contributed by atoms with Crippen molar-refractivity contribution < 1.29 is 4.39 Å². The van der Waals surface area contributed by atoms with E-state index in [9.17, 15) is 0 Å². The lowest BCUT2D eigenvalue weighted by atomic mass is 9.88. The fraction of sp³-hybridized carbons (Fsp3) is 0.423. The van der Waals surface area contributed by atoms with Crippen LogP contribution in [-0.2, 0) is 0 Å². The number of halogens is 1. The van der Waals surface area contributed by atoms with Crippen LogP contribution >= 0.6 is 0 Å². The van der Waals surface area contributed by atoms with Crippen LogP contribution < -0.4 is 4.90 Å². The fourth-order valence-electron chi connectivity index (χ4n) is 4.23. The topological polar surface area (TPSA) is 47.9 Å². The summed E-state index contributed by atoms with van der Waals surface area (Å²) in [6.45, 7) is 14.1. The van der Waals surface area contributed by atoms with Crippen molar-refractivity contribution in [1.29, 1.82) is 0 Å². The van der Waals surface area contributed by atoms with Gasteiger partial charge in [-0.1, -0.05) is 12.2 Å². The molecule has 0 amide bonds. The maximum atomic E-state index is 15.2. The molecule has 1 fully saturated rings. The van der Waals surface area contributed by atoms with Crippen molar-refractivity contribution >= 4 is 22.4 Å². The molecule has 0 aliphatic carbocycles. The number of aromatic nitrogens is 2. The zero-order valence-corrected chi connectivity index (χ0v) is 20.5. The molecule has 0 spiro atoms. The van der Waals surface area contributed by atoms with Gasteiger partial charge in [0, 0.05) is 35.8 Å². The molecular formula is C26H33FN6. The lowest BCUT2D eigenvalue weighted by Crippen LogP contribution is -2.50. The lowest BCUT2D eigenvalue weighted by molar-refractivity contribution is 0.137. The third kappa shape index (κ3) is 4.55. The molecule has 0 unspecified atom stereocenters. The molecule has 7 heteroatoms. The Labute approximate surface area is 195 Å². The van der Waals surface area contributed by atoms with Crippen LogP contribution in [0.4, 0.5) is 10.2 Å². The summed E-state index contributed by atoms with van der Waals surface area (Å²) in [4.78, 5) is 4.49. The number of fused-ring (bicyclic) bond motifs is 1. The maximum Gasteiger partial charge on any atom is 0.151 e. The summed E-state index contributed by atoms with van der Waals surface area (Å²) in [7, 11) is 4.25. The van der Waals surface area contributed by atoms with Crippen molar-refractivity contribution in [2.45, 2.75) is 46.1 Å². The predicted octanol–water partition coefficient (Wildman–Crippen LogP) is 5.09. The number of hydrogen-bond acceptors (Lipinski definition) is 6. The van der Waals surface area contributed by atoms with E-state index < -0.39 is 0 Å². The molecule has 2 aliphatic rings. The Morgan fingerprint density at radius 3 is 2.48 bits per heavy atom. The summed E-state index contributed by atoms with van der Waals surface area (Å²) < 4.78 is 15.2. The molecule has 174 valence electrons. The van der Waals surface area contributed by atoms with Gasteiger partial charge in [0.05, 0.1) is 16.9 Å². The van der Waals surface area contributed by atoms with E-state index in [1.807, 2.05) is 45.2 Å². The molecular weight excluding hydrogens is 415 g/mol. The van der Waals surface area contributed by atoms with Crippen molar-refractivity contribution in [1.82, 2.24) is 20.1 Å². The molecule has 33 heavy (non-hydrogen) atoms. The van der Waals surface area contributed by atoms with Crippen LogP contribution in [0.1, 0.15) is 46.1 Å². The van der Waals surface area contributed by atoms with Crippen LogP contribution in [0.5, 0.6) is 0 Å². The molecule has 3 heterocycles. The quantitative estimate of drug-likeness (QED) is 0.652. The smallest absolute Gasteiger partial charge is 0.151 e. The number of rotatable bonds is 4. The van der Waals surface area contributed by atoms with Crippen LogP contribution in [0.3, 0.4) is 0 Å². The van der Waals surface area contributed by atoms with Gasteiger partial charge >= 0.3 is 0 Å². The fourth-order valence-corrected chi connectivity index (χ4v) is 4.23. The summed E-state index contributed by atoms with van der Waals surface area (Å²) in [5.41, 5.74) is 4.92. The third-order valence-corrected chi connectivity index (χ3v) is 6.86. The second kappa shape index (κ2) is 8.71. The average molecular weight is 449 g/mol. The largest absolute Gasteiger partial charge is 0.355 e. The molecule has 2 aliphatic heterocycles. The molecule has 0 atom stereocenters. The molecule has 1 saturated heterocycles. The van der Waals surface area contributed by atoms with E-state index in [2.05, 4.69) is 52.7 Å². The van der Waals surface area contributed by atoms with Gasteiger partial charge in [0.25, 0.3) is 0 Å². The van der Waals surface area contributed by atoms with Crippen molar-refractivity contribution in [2.75, 3.05) is 32.1 Å². The Hall–Kier alpha value is -3.06. The minimum atomic E-state index is -0.319. The monoisotopic (exact) mass is 448 g/mol. The summed E-state index contributed by atoms with van der Waals surface area (Å²) in [6, 6.07) is 5.21. The minimum Gasteiger partial charge on any atom is -0.355 e. The van der Waals surface area contributed by atoms with E-state index in [1.54, 1.807) is 5.01 Å². The lowest BCUT2D eigenvalue weighted by Gasteiger charge is -2.44. The highest BCUT2D eigenvalue weighted by atomic mass is 19.1. The van der Waals surface area contributed by atoms with Crippen molar-refractivity contribution in [2.24, 2.45) is 5.10 Å². The number of hydrazone groups is 1. The van der Waals surface area contributed by atoms with Crippen LogP contribution in [0.2, 0.25) is 0 Å². The van der Waals surface area contributed by atoms with Crippen LogP contribution in [0, 0.1) is 5.82 Å². The highest BCUT2D eigenvalue weighted by Crippen LogP contribution is 2.30. The molecule has 0 bridgehead atoms. The summed E-state index contributed by atoms with van der Waals surface area (Å²) in [5, 5.41) is 15.7. The maximum absolute atomic E-state index is 15.2. The van der Waals surface area contributed by atoms with Gasteiger partial charge in [0.15, 0.2) is 5.82 Å². The van der Waals surface area contributed by atoms with Gasteiger partial charge in [0.1, 0.15) is 5.82 Å². The van der Waals surface area contributed by atoms with E-state index in [1.165, 1.54) is 6.07 Å². The minimum absolute atomic E-state index is 0.179. The van der Waals surface area contributed by atoms with Crippen LogP contribution in [-0.4, -0.2) is 58.5 Å². The Balaban J connectivity index is 1.64. The summed E-state index contributed by atoms with van der Waals surface area (Å²) in [5.74, 6) is 0.410. The number of piperidine rings is 1. The SMILES string of the molecule is C=C1C(C)=CC(c2cc(F)c3cc(N4CCC(C)(N(C)C)CC4)nnc3c2)=NN1C=C(C)C. The van der Waals surface area contributed by atoms with Gasteiger partial charge in [-0.2, -0.15) is 5.10 Å². The predicted molar refractivity (Wildman–Crippen MR) is 134 cm³/mol. The first-order valence-electron chi connectivity index (χ1n) is 11.4. The molecule has 0 N–H and O–H groups in total. The van der Waals surface area contributed by atoms with Gasteiger partial charge in [-0.3, -0.25) is 0 Å². The highest BCUT2D eigenvalue weighted by molar-refractivity contribution is 6.11. The standard InChI is InChI=1S/C26H33FN6/c1-17(2)16-33-19(4)18(3)12-23(30-33)20-13-22(27)21-15-25(29-28-24(21)14-20)32-10-8-26(5,9-11-32)31(6)7/h12-16H,4,8-11H2,1-3,5-7H3. The number of hydrogen-bond donors (Lipinski definition) is 0. The van der Waals surface area contributed by atoms with Crippen molar-refractivity contribution in [3.63, 3.8) is 0 Å². The molecule has 2 aromatic rings. The number of benzene rings is 1. The van der Waals surface area contributed by atoms with Crippen molar-refractivity contribution in [3.8, 4) is 0 Å². The van der Waals surface area contributed by atoms with Gasteiger partial charge in [-0.05, 0) is 84.5 Å². The Morgan fingerprint density at radius 2 is 1.85 bits per heavy atom. The first-order valence-corrected chi connectivity index (χ1v) is 11.4. The summed E-state index contributed by atoms with van der Waals surface area (Å²) in [6.07, 6.45) is 5.90. The van der Waals surface area contributed by atoms with E-state index >= 15 is 4.39 Å². The third-order valence-electron chi connectivity index (χ3n) is 6.86. The van der Waals surface area contributed by atoms with E-state index in [0.29, 0.717) is 22.2 Å². The van der Waals surface area contributed by atoms with Crippen LogP contribution in [0.25, 0.3) is 10.9 Å². The first kappa shape index (κ1) is 23.1. The van der Waals surface area contributed by atoms with Gasteiger partial charge in [0.2, 0.25) is 0 Å². The molecule has 1 aromatic carbocycles. The molecule has 1 aromatic heterocycles. The number of nitrogens with zero attached hydrogens (tertiary/aromatic N) is 6. The molecule has 4 rings (SSSR count). The Bertz CT molecular complexity index is 1180. The van der Waals surface area contributed by atoms with E-state index in [4.69, 9.17) is 0 Å². The van der Waals surface area contributed by atoms with Gasteiger partial charge in [-0.25, -0.2) is 9.40 Å². The zero-order valence-electron chi connectivity index (χ0n) is 20.5. The number of anilines is 1. The zero-order chi connectivity index (χ0) is 23.9. The van der Waals surface area contributed by atoms with Gasteiger partial charge in [-0.15, -0.1) is 10.2 Å². The average Bonchev–Trinajstić information content (AvgIpc) is 2.76. The second-order valence-corrected chi connectivity index (χ2v) is 9.78. The summed E-state index contributed by atoms with van der Waals surface area (Å²) >= 11 is 0. The number of allylic oxidation sites excluding steroid dienone is 3. The highest BCUT2D eigenvalue weighted by Gasteiger charge is 2.32. The second-order valence-electron chi connectivity index (χ2n) is 9.78. The van der Waals surface area contributed by atoms with Crippen molar-refractivity contribution in [3.05, 3.63) is 65.3 Å². The normalized spacial score (nSPS) is 18.5. The van der Waals surface area contributed by atoms with E-state index in [-0.39, 0.29) is 11.4 Å². The Kier molecular flexibility index (Phi) is 6.10. The van der Waals surface area contributed by atoms with Crippen LogP contribution in [0.15, 0.2) is 59.0 Å². The molecule has 0 saturated carbocycles. The molecule has 0 radical (unpaired) electrons. The van der Waals surface area contributed by atoms with E-state index in [0.717, 1.165) is 48.6 Å². The Morgan fingerprint density at radius 1 is 1.15 bits per heavy atom. The first-order chi connectivity index (χ1) is 15.6.